The van der Waals surface area contributed by atoms with Crippen molar-refractivity contribution in [1.29, 1.82) is 0 Å². The Labute approximate surface area is 125 Å². The molecule has 0 amide bonds. The van der Waals surface area contributed by atoms with E-state index in [1.54, 1.807) is 0 Å². The number of anilines is 1. The molecule has 1 nitrogen and oxygen atoms in total. The molecule has 0 aromatic heterocycles. The Morgan fingerprint density at radius 2 is 1.90 bits per heavy atom. The van der Waals surface area contributed by atoms with Gasteiger partial charge in [0.1, 0.15) is 5.82 Å². The number of hydrogen-bond acceptors (Lipinski definition) is 1. The van der Waals surface area contributed by atoms with Gasteiger partial charge in [0, 0.05) is 11.1 Å². The van der Waals surface area contributed by atoms with Crippen molar-refractivity contribution < 1.29 is 8.78 Å². The molecule has 20 heavy (non-hydrogen) atoms. The molecule has 1 N–H and O–H groups in total. The van der Waals surface area contributed by atoms with E-state index in [2.05, 4.69) is 5.32 Å². The van der Waals surface area contributed by atoms with E-state index < -0.39 is 11.6 Å². The molecule has 0 fully saturated rings. The summed E-state index contributed by atoms with van der Waals surface area (Å²) in [5.74, 6) is -1.37. The summed E-state index contributed by atoms with van der Waals surface area (Å²) < 4.78 is 26.8. The molecule has 0 aliphatic heterocycles. The molecular formula is C15H11Cl2F2N. The van der Waals surface area contributed by atoms with Crippen LogP contribution in [0, 0.1) is 11.6 Å². The summed E-state index contributed by atoms with van der Waals surface area (Å²) >= 11 is 11.9. The predicted octanol–water partition coefficient (Wildman–Crippen LogP) is 5.37. The van der Waals surface area contributed by atoms with Crippen LogP contribution in [0.3, 0.4) is 0 Å². The lowest BCUT2D eigenvalue weighted by Crippen LogP contribution is -2.09. The lowest BCUT2D eigenvalue weighted by atomic mass is 10.1. The van der Waals surface area contributed by atoms with Crippen molar-refractivity contribution in [3.8, 4) is 0 Å². The number of rotatable bonds is 2. The van der Waals surface area contributed by atoms with Gasteiger partial charge in [0.25, 0.3) is 0 Å². The zero-order chi connectivity index (χ0) is 14.3. The van der Waals surface area contributed by atoms with Gasteiger partial charge in [-0.2, -0.15) is 0 Å². The molecule has 2 aromatic rings. The first-order chi connectivity index (χ1) is 9.54. The first-order valence-corrected chi connectivity index (χ1v) is 6.99. The number of fused-ring (bicyclic) bond motifs is 1. The molecule has 104 valence electrons. The Hall–Kier alpha value is -1.32. The maximum atomic E-state index is 13.8. The lowest BCUT2D eigenvalue weighted by molar-refractivity contribution is 0.583. The van der Waals surface area contributed by atoms with Crippen LogP contribution in [0.1, 0.15) is 23.6 Å². The van der Waals surface area contributed by atoms with Gasteiger partial charge in [-0.15, -0.1) is 0 Å². The second kappa shape index (κ2) is 5.23. The number of benzene rings is 2. The SMILES string of the molecule is Fc1cc(F)c(NC2CCc3cc(Cl)ccc32)c(Cl)c1. The van der Waals surface area contributed by atoms with E-state index >= 15 is 0 Å². The van der Waals surface area contributed by atoms with E-state index in [-0.39, 0.29) is 16.8 Å². The Morgan fingerprint density at radius 1 is 1.10 bits per heavy atom. The van der Waals surface area contributed by atoms with Crippen molar-refractivity contribution in [2.75, 3.05) is 5.32 Å². The first-order valence-electron chi connectivity index (χ1n) is 6.24. The van der Waals surface area contributed by atoms with Crippen LogP contribution in [0.15, 0.2) is 30.3 Å². The summed E-state index contributed by atoms with van der Waals surface area (Å²) in [5.41, 5.74) is 2.36. The topological polar surface area (TPSA) is 12.0 Å². The van der Waals surface area contributed by atoms with Crippen LogP contribution >= 0.6 is 23.2 Å². The Bertz CT molecular complexity index is 650. The van der Waals surface area contributed by atoms with Crippen LogP contribution in [0.2, 0.25) is 10.0 Å². The van der Waals surface area contributed by atoms with Gasteiger partial charge < -0.3 is 5.32 Å². The number of aryl methyl sites for hydroxylation is 1. The fourth-order valence-corrected chi connectivity index (χ4v) is 3.03. The molecule has 2 aromatic carbocycles. The molecule has 0 bridgehead atoms. The van der Waals surface area contributed by atoms with Gasteiger partial charge >= 0.3 is 0 Å². The highest BCUT2D eigenvalue weighted by Crippen LogP contribution is 2.37. The molecule has 1 aliphatic rings. The lowest BCUT2D eigenvalue weighted by Gasteiger charge is -2.17. The highest BCUT2D eigenvalue weighted by atomic mass is 35.5. The molecule has 0 spiro atoms. The maximum absolute atomic E-state index is 13.8. The van der Waals surface area contributed by atoms with E-state index in [1.807, 2.05) is 18.2 Å². The molecule has 1 atom stereocenters. The quantitative estimate of drug-likeness (QED) is 0.785. The van der Waals surface area contributed by atoms with Crippen molar-refractivity contribution in [2.45, 2.75) is 18.9 Å². The minimum absolute atomic E-state index is 0.0419. The van der Waals surface area contributed by atoms with Crippen LogP contribution in [-0.2, 0) is 6.42 Å². The maximum Gasteiger partial charge on any atom is 0.150 e. The summed E-state index contributed by atoms with van der Waals surface area (Å²) in [7, 11) is 0. The monoisotopic (exact) mass is 313 g/mol. The van der Waals surface area contributed by atoms with Crippen molar-refractivity contribution in [3.63, 3.8) is 0 Å². The van der Waals surface area contributed by atoms with E-state index in [4.69, 9.17) is 23.2 Å². The van der Waals surface area contributed by atoms with Gasteiger partial charge in [-0.1, -0.05) is 29.3 Å². The van der Waals surface area contributed by atoms with E-state index in [1.165, 1.54) is 0 Å². The molecular weight excluding hydrogens is 303 g/mol. The van der Waals surface area contributed by atoms with Crippen LogP contribution in [0.4, 0.5) is 14.5 Å². The Kier molecular flexibility index (Phi) is 3.57. The van der Waals surface area contributed by atoms with Gasteiger partial charge in [-0.05, 0) is 42.2 Å². The summed E-state index contributed by atoms with van der Waals surface area (Å²) in [5, 5.41) is 3.80. The zero-order valence-corrected chi connectivity index (χ0v) is 11.9. The molecule has 3 rings (SSSR count). The molecule has 5 heteroatoms. The molecule has 0 radical (unpaired) electrons. The van der Waals surface area contributed by atoms with E-state index in [0.29, 0.717) is 5.02 Å². The van der Waals surface area contributed by atoms with Crippen molar-refractivity contribution in [3.05, 3.63) is 63.1 Å². The standard InChI is InChI=1S/C15H11Cl2F2N/c16-9-2-3-11-8(5-9)1-4-14(11)20-15-12(17)6-10(18)7-13(15)19/h2-3,5-7,14,20H,1,4H2. The van der Waals surface area contributed by atoms with Gasteiger partial charge in [-0.3, -0.25) is 0 Å². The smallest absolute Gasteiger partial charge is 0.150 e. The molecule has 1 aliphatic carbocycles. The normalized spacial score (nSPS) is 17.1. The fourth-order valence-electron chi connectivity index (χ4n) is 2.59. The van der Waals surface area contributed by atoms with Gasteiger partial charge in [0.2, 0.25) is 0 Å². The van der Waals surface area contributed by atoms with Crippen LogP contribution in [0.5, 0.6) is 0 Å². The van der Waals surface area contributed by atoms with Crippen molar-refractivity contribution in [1.82, 2.24) is 0 Å². The third-order valence-electron chi connectivity index (χ3n) is 3.51. The fraction of sp³-hybridized carbons (Fsp3) is 0.200. The van der Waals surface area contributed by atoms with Crippen molar-refractivity contribution >= 4 is 28.9 Å². The zero-order valence-electron chi connectivity index (χ0n) is 10.4. The van der Waals surface area contributed by atoms with Crippen molar-refractivity contribution in [2.24, 2.45) is 0 Å². The largest absolute Gasteiger partial charge is 0.375 e. The van der Waals surface area contributed by atoms with Crippen LogP contribution < -0.4 is 5.32 Å². The predicted molar refractivity (Wildman–Crippen MR) is 77.5 cm³/mol. The van der Waals surface area contributed by atoms with E-state index in [9.17, 15) is 8.78 Å². The van der Waals surface area contributed by atoms with Gasteiger partial charge in [0.05, 0.1) is 16.8 Å². The first kappa shape index (κ1) is 13.7. The van der Waals surface area contributed by atoms with Crippen LogP contribution in [0.25, 0.3) is 0 Å². The highest BCUT2D eigenvalue weighted by molar-refractivity contribution is 6.33. The third kappa shape index (κ3) is 2.48. The molecule has 0 saturated heterocycles. The summed E-state index contributed by atoms with van der Waals surface area (Å²) in [6.07, 6.45) is 1.69. The number of nitrogens with one attached hydrogen (secondary N) is 1. The van der Waals surface area contributed by atoms with Crippen LogP contribution in [-0.4, -0.2) is 0 Å². The summed E-state index contributed by atoms with van der Waals surface area (Å²) in [6, 6.07) is 7.54. The summed E-state index contributed by atoms with van der Waals surface area (Å²) in [4.78, 5) is 0. The second-order valence-corrected chi connectivity index (χ2v) is 5.67. The van der Waals surface area contributed by atoms with Gasteiger partial charge in [-0.25, -0.2) is 8.78 Å². The Morgan fingerprint density at radius 3 is 2.65 bits per heavy atom. The molecule has 1 unspecified atom stereocenters. The Balaban J connectivity index is 1.91. The molecule has 0 heterocycles. The minimum atomic E-state index is -0.684. The average molecular weight is 314 g/mol. The number of halogens is 4. The second-order valence-electron chi connectivity index (χ2n) is 4.82. The average Bonchev–Trinajstić information content (AvgIpc) is 2.76. The minimum Gasteiger partial charge on any atom is -0.375 e. The van der Waals surface area contributed by atoms with Gasteiger partial charge in [0.15, 0.2) is 5.82 Å². The highest BCUT2D eigenvalue weighted by Gasteiger charge is 2.24. The number of hydrogen-bond donors (Lipinski definition) is 1. The molecule has 0 saturated carbocycles. The van der Waals surface area contributed by atoms with E-state index in [0.717, 1.165) is 36.1 Å². The third-order valence-corrected chi connectivity index (χ3v) is 4.04. The summed E-state index contributed by atoms with van der Waals surface area (Å²) in [6.45, 7) is 0.